The van der Waals surface area contributed by atoms with Crippen molar-refractivity contribution in [2.75, 3.05) is 38.2 Å². The number of pyridine rings is 1. The van der Waals surface area contributed by atoms with E-state index < -0.39 is 23.4 Å². The minimum Gasteiger partial charge on any atom is -0.497 e. The second-order valence-electron chi connectivity index (χ2n) is 18.9. The molecule has 394 valence electrons. The summed E-state index contributed by atoms with van der Waals surface area (Å²) in [7, 11) is 3.17. The van der Waals surface area contributed by atoms with Crippen LogP contribution in [0.4, 0.5) is 27.9 Å². The molecule has 1 aliphatic heterocycles. The molecule has 0 bridgehead atoms. The summed E-state index contributed by atoms with van der Waals surface area (Å²) in [5, 5.41) is 11.2. The van der Waals surface area contributed by atoms with Gasteiger partial charge in [0.15, 0.2) is 0 Å². The van der Waals surface area contributed by atoms with Gasteiger partial charge in [-0.1, -0.05) is 48.5 Å². The minimum absolute atomic E-state index is 0.0613. The molecule has 0 unspecified atom stereocenters. The number of halogens is 3. The van der Waals surface area contributed by atoms with Crippen molar-refractivity contribution in [3.8, 4) is 51.3 Å². The Kier molecular flexibility index (Phi) is 17.7. The van der Waals surface area contributed by atoms with Crippen LogP contribution < -0.4 is 18.5 Å². The van der Waals surface area contributed by atoms with Crippen LogP contribution in [0.5, 0.6) is 23.0 Å². The molecule has 3 heterocycles. The first-order valence-electron chi connectivity index (χ1n) is 24.4. The summed E-state index contributed by atoms with van der Waals surface area (Å²) in [6, 6.07) is 36.1. The number of hydrogen-bond donors (Lipinski definition) is 0. The molecular weight excluding hydrogens is 1020 g/mol. The molecule has 0 aliphatic carbocycles. The molecule has 0 saturated carbocycles. The van der Waals surface area contributed by atoms with E-state index in [1.165, 1.54) is 35.9 Å². The van der Waals surface area contributed by atoms with Gasteiger partial charge in [-0.05, 0) is 147 Å². The van der Waals surface area contributed by atoms with Crippen LogP contribution in [0.1, 0.15) is 68.0 Å². The maximum Gasteiger partial charge on any atom is 0.416 e. The fraction of sp³-hybridized carbons (Fsp3) is 0.298. The highest BCUT2D eigenvalue weighted by molar-refractivity contribution is 8.00. The number of hydrogen-bond acceptors (Lipinski definition) is 14. The van der Waals surface area contributed by atoms with Crippen LogP contribution >= 0.6 is 23.5 Å². The molecule has 7 aromatic rings. The molecule has 1 fully saturated rings. The topological polar surface area (TPSA) is 152 Å². The van der Waals surface area contributed by atoms with Crippen molar-refractivity contribution in [3.63, 3.8) is 0 Å². The van der Waals surface area contributed by atoms with Gasteiger partial charge in [0.25, 0.3) is 0 Å². The summed E-state index contributed by atoms with van der Waals surface area (Å²) in [5.74, 6) is 2.03. The van der Waals surface area contributed by atoms with E-state index in [-0.39, 0.29) is 36.5 Å². The standard InChI is InChI=1S/C57H56F3N7O7S2/c1-56(2,3)74-55(69)65-25-21-38(22-26-65)23-27-66(54(68)72-36-39-10-7-6-8-11-39)35-46-29-42(20-24-62-46)49-31-41(40-12-9-13-45(28-40)57(58,59)60)15-18-51(49)73-50-19-17-48(30-44(50)33-61)76-67(53-63-37-64-75-53)34-43-14-16-47(70-4)32-52(43)71-5/h6-20,24,28-32,37-38H,21-23,25-27,34-36H2,1-5H3. The maximum absolute atomic E-state index is 14.0. The predicted octanol–water partition coefficient (Wildman–Crippen LogP) is 13.9. The number of aromatic nitrogens is 3. The average molecular weight is 1070 g/mol. The minimum atomic E-state index is -4.57. The van der Waals surface area contributed by atoms with E-state index in [4.69, 9.17) is 23.7 Å². The molecule has 1 aliphatic rings. The molecule has 1 saturated heterocycles. The van der Waals surface area contributed by atoms with Crippen molar-refractivity contribution >= 4 is 40.8 Å². The zero-order valence-electron chi connectivity index (χ0n) is 42.6. The van der Waals surface area contributed by atoms with Crippen LogP contribution in [0.2, 0.25) is 0 Å². The number of carbonyl (C=O) groups excluding carboxylic acids is 2. The van der Waals surface area contributed by atoms with Gasteiger partial charge in [0.2, 0.25) is 5.13 Å². The Morgan fingerprint density at radius 2 is 1.59 bits per heavy atom. The highest BCUT2D eigenvalue weighted by Crippen LogP contribution is 2.41. The largest absolute Gasteiger partial charge is 0.497 e. The summed E-state index contributed by atoms with van der Waals surface area (Å²) in [4.78, 5) is 39.9. The summed E-state index contributed by atoms with van der Waals surface area (Å²) in [6.07, 6.45) is -0.244. The van der Waals surface area contributed by atoms with Crippen molar-refractivity contribution in [1.29, 1.82) is 5.26 Å². The van der Waals surface area contributed by atoms with Crippen molar-refractivity contribution in [2.45, 2.75) is 76.4 Å². The first kappa shape index (κ1) is 54.4. The molecule has 0 atom stereocenters. The normalized spacial score (nSPS) is 12.9. The monoisotopic (exact) mass is 1070 g/mol. The van der Waals surface area contributed by atoms with Gasteiger partial charge >= 0.3 is 18.4 Å². The Bertz CT molecular complexity index is 3140. The third kappa shape index (κ3) is 14.5. The molecule has 76 heavy (non-hydrogen) atoms. The molecule has 0 spiro atoms. The molecule has 5 aromatic carbocycles. The number of alkyl halides is 3. The third-order valence-electron chi connectivity index (χ3n) is 12.4. The van der Waals surface area contributed by atoms with E-state index >= 15 is 0 Å². The highest BCUT2D eigenvalue weighted by atomic mass is 32.2. The van der Waals surface area contributed by atoms with Gasteiger partial charge < -0.3 is 33.5 Å². The number of rotatable bonds is 18. The quantitative estimate of drug-likeness (QED) is 0.0750. The smallest absolute Gasteiger partial charge is 0.416 e. The number of nitrogens with zero attached hydrogens (tertiary/aromatic N) is 7. The van der Waals surface area contributed by atoms with Crippen LogP contribution in [0.25, 0.3) is 22.3 Å². The fourth-order valence-corrected chi connectivity index (χ4v) is 10.0. The van der Waals surface area contributed by atoms with Gasteiger partial charge in [0.05, 0.1) is 44.1 Å². The van der Waals surface area contributed by atoms with Crippen LogP contribution in [-0.2, 0) is 35.3 Å². The molecule has 14 nitrogen and oxygen atoms in total. The summed E-state index contributed by atoms with van der Waals surface area (Å²) < 4.78 is 77.3. The first-order valence-corrected chi connectivity index (χ1v) is 26.0. The van der Waals surface area contributed by atoms with E-state index in [1.54, 1.807) is 84.8 Å². The lowest BCUT2D eigenvalue weighted by Crippen LogP contribution is -2.42. The van der Waals surface area contributed by atoms with E-state index in [0.29, 0.717) is 87.8 Å². The Labute approximate surface area is 448 Å². The van der Waals surface area contributed by atoms with E-state index in [0.717, 1.165) is 36.1 Å². The SMILES string of the molecule is COc1ccc(CN(Sc2ccc(Oc3ccc(-c4cccc(C(F)(F)F)c4)cc3-c3ccnc(CN(CCC4CCN(C(=O)OC(C)(C)C)CC4)C(=O)OCc4ccccc4)c3)c(C#N)c2)c2ncns2)c(OC)c1. The number of amides is 2. The zero-order chi connectivity index (χ0) is 53.8. The Balaban J connectivity index is 1.08. The van der Waals surface area contributed by atoms with Gasteiger partial charge in [0.1, 0.15) is 47.6 Å². The molecule has 2 amide bonds. The summed E-state index contributed by atoms with van der Waals surface area (Å²) in [5.41, 5.74) is 2.90. The molecule has 19 heteroatoms. The molecule has 0 radical (unpaired) electrons. The second-order valence-corrected chi connectivity index (χ2v) is 20.7. The lowest BCUT2D eigenvalue weighted by molar-refractivity contribution is -0.137. The Hall–Kier alpha value is -7.82. The number of likely N-dealkylation sites (tertiary alicyclic amines) is 1. The van der Waals surface area contributed by atoms with Crippen LogP contribution in [0.3, 0.4) is 0 Å². The summed E-state index contributed by atoms with van der Waals surface area (Å²) in [6.45, 7) is 7.43. The number of methoxy groups -OCH3 is 2. The Morgan fingerprint density at radius 3 is 2.30 bits per heavy atom. The maximum atomic E-state index is 14.0. The highest BCUT2D eigenvalue weighted by Gasteiger charge is 2.31. The van der Waals surface area contributed by atoms with E-state index in [2.05, 4.69) is 20.4 Å². The van der Waals surface area contributed by atoms with Crippen LogP contribution in [0, 0.1) is 17.2 Å². The van der Waals surface area contributed by atoms with E-state index in [9.17, 15) is 28.0 Å². The zero-order valence-corrected chi connectivity index (χ0v) is 44.2. The lowest BCUT2D eigenvalue weighted by Gasteiger charge is -2.34. The van der Waals surface area contributed by atoms with Gasteiger partial charge in [0, 0.05) is 59.5 Å². The summed E-state index contributed by atoms with van der Waals surface area (Å²) >= 11 is 2.56. The number of piperidine rings is 1. The molecule has 2 aromatic heterocycles. The van der Waals surface area contributed by atoms with Crippen LogP contribution in [-0.4, -0.2) is 75.8 Å². The first-order chi connectivity index (χ1) is 36.5. The molecular formula is C57H56F3N7O7S2. The van der Waals surface area contributed by atoms with Crippen molar-refractivity contribution in [2.24, 2.45) is 5.92 Å². The molecule has 0 N–H and O–H groups in total. The van der Waals surface area contributed by atoms with Gasteiger partial charge in [-0.15, -0.1) is 0 Å². The fourth-order valence-electron chi connectivity index (χ4n) is 8.48. The van der Waals surface area contributed by atoms with Gasteiger partial charge in [-0.2, -0.15) is 22.8 Å². The number of nitriles is 1. The third-order valence-corrected chi connectivity index (χ3v) is 14.2. The number of ether oxygens (including phenoxy) is 5. The van der Waals surface area contributed by atoms with Crippen molar-refractivity contribution in [1.82, 2.24) is 24.1 Å². The number of anilines is 1. The lowest BCUT2D eigenvalue weighted by atomic mass is 9.93. The number of carbonyl (C=O) groups is 2. The van der Waals surface area contributed by atoms with Crippen molar-refractivity contribution in [3.05, 3.63) is 162 Å². The van der Waals surface area contributed by atoms with Crippen molar-refractivity contribution < 1.29 is 46.4 Å². The predicted molar refractivity (Wildman–Crippen MR) is 285 cm³/mol. The Morgan fingerprint density at radius 1 is 0.816 bits per heavy atom. The second kappa shape index (κ2) is 24.7. The van der Waals surface area contributed by atoms with Gasteiger partial charge in [-0.3, -0.25) is 9.29 Å². The average Bonchev–Trinajstić information content (AvgIpc) is 3.99. The van der Waals surface area contributed by atoms with E-state index in [1.807, 2.05) is 73.6 Å². The van der Waals surface area contributed by atoms with Gasteiger partial charge in [-0.25, -0.2) is 14.6 Å². The molecule has 8 rings (SSSR count). The van der Waals surface area contributed by atoms with Crippen LogP contribution in [0.15, 0.2) is 139 Å². The number of benzene rings is 5.